The Morgan fingerprint density at radius 3 is 1.88 bits per heavy atom. The van der Waals surface area contributed by atoms with Crippen molar-refractivity contribution in [1.29, 1.82) is 0 Å². The summed E-state index contributed by atoms with van der Waals surface area (Å²) in [6, 6.07) is 11.4. The van der Waals surface area contributed by atoms with Crippen LogP contribution in [0.2, 0.25) is 10.0 Å². The maximum absolute atomic E-state index is 11.1. The van der Waals surface area contributed by atoms with Crippen molar-refractivity contribution in [3.8, 4) is 11.5 Å². The minimum atomic E-state index is -0.545. The van der Waals surface area contributed by atoms with E-state index in [4.69, 9.17) is 53.8 Å². The van der Waals surface area contributed by atoms with Crippen LogP contribution in [0.5, 0.6) is 11.5 Å². The Kier molecular flexibility index (Phi) is 10.6. The highest BCUT2D eigenvalue weighted by molar-refractivity contribution is 6.32. The van der Waals surface area contributed by atoms with Gasteiger partial charge in [0.2, 0.25) is 0 Å². The predicted octanol–water partition coefficient (Wildman–Crippen LogP) is 6.53. The molecule has 0 aromatic heterocycles. The van der Waals surface area contributed by atoms with Crippen LogP contribution in [0.15, 0.2) is 36.4 Å². The summed E-state index contributed by atoms with van der Waals surface area (Å²) in [5.74, 6) is 1.12. The summed E-state index contributed by atoms with van der Waals surface area (Å²) in [4.78, 5) is 11.1. The van der Waals surface area contributed by atoms with Gasteiger partial charge in [-0.05, 0) is 35.4 Å². The third-order valence-electron chi connectivity index (χ3n) is 5.21. The molecule has 0 aliphatic heterocycles. The quantitative estimate of drug-likeness (QED) is 0.237. The number of benzene rings is 2. The van der Waals surface area contributed by atoms with Crippen LogP contribution in [0.3, 0.4) is 0 Å². The molecule has 0 radical (unpaired) electrons. The van der Waals surface area contributed by atoms with E-state index >= 15 is 0 Å². The summed E-state index contributed by atoms with van der Waals surface area (Å²) in [6.45, 7) is 8.83. The van der Waals surface area contributed by atoms with Gasteiger partial charge in [0.15, 0.2) is 0 Å². The molecular weight excluding hydrogens is 487 g/mol. The standard InChI is InChI=1S/C25H31Cl3O5/c1-16(13-30-5)14-31-23-8-6-18(10-21(23)27)25(3,4)19-7-9-24(22(28)11-19)32-15-20(12-26)33-17(2)29/h6-11,16,20H,12-15H2,1-5H3. The van der Waals surface area contributed by atoms with Crippen molar-refractivity contribution in [3.05, 3.63) is 57.6 Å². The van der Waals surface area contributed by atoms with Gasteiger partial charge in [0.1, 0.15) is 24.2 Å². The first-order chi connectivity index (χ1) is 15.6. The van der Waals surface area contributed by atoms with Gasteiger partial charge in [-0.2, -0.15) is 0 Å². The Hall–Kier alpha value is -1.66. The third-order valence-corrected chi connectivity index (χ3v) is 6.15. The second kappa shape index (κ2) is 12.7. The molecule has 0 fully saturated rings. The fourth-order valence-corrected chi connectivity index (χ4v) is 3.89. The summed E-state index contributed by atoms with van der Waals surface area (Å²) < 4.78 is 21.8. The average molecular weight is 518 g/mol. The maximum Gasteiger partial charge on any atom is 0.303 e. The number of rotatable bonds is 12. The topological polar surface area (TPSA) is 54.0 Å². The Labute approximate surface area is 211 Å². The molecule has 33 heavy (non-hydrogen) atoms. The van der Waals surface area contributed by atoms with E-state index < -0.39 is 12.1 Å². The van der Waals surface area contributed by atoms with E-state index in [1.165, 1.54) is 6.92 Å². The van der Waals surface area contributed by atoms with Gasteiger partial charge in [-0.25, -0.2) is 0 Å². The van der Waals surface area contributed by atoms with Gasteiger partial charge in [-0.3, -0.25) is 4.79 Å². The Balaban J connectivity index is 2.13. The molecule has 5 nitrogen and oxygen atoms in total. The monoisotopic (exact) mass is 516 g/mol. The zero-order valence-corrected chi connectivity index (χ0v) is 21.9. The number of alkyl halides is 1. The summed E-state index contributed by atoms with van der Waals surface area (Å²) in [6.07, 6.45) is -0.545. The van der Waals surface area contributed by atoms with Gasteiger partial charge in [0, 0.05) is 25.4 Å². The molecule has 0 bridgehead atoms. The smallest absolute Gasteiger partial charge is 0.303 e. The number of ether oxygens (including phenoxy) is 4. The number of hydrogen-bond donors (Lipinski definition) is 0. The van der Waals surface area contributed by atoms with E-state index in [-0.39, 0.29) is 23.8 Å². The number of esters is 1. The lowest BCUT2D eigenvalue weighted by Gasteiger charge is -2.27. The van der Waals surface area contributed by atoms with Gasteiger partial charge in [-0.1, -0.05) is 56.1 Å². The molecule has 2 rings (SSSR count). The molecule has 2 unspecified atom stereocenters. The van der Waals surface area contributed by atoms with Crippen molar-refractivity contribution >= 4 is 40.8 Å². The minimum absolute atomic E-state index is 0.117. The largest absolute Gasteiger partial charge is 0.492 e. The van der Waals surface area contributed by atoms with Crippen LogP contribution >= 0.6 is 34.8 Å². The number of carbonyl (C=O) groups is 1. The van der Waals surface area contributed by atoms with E-state index in [0.29, 0.717) is 34.8 Å². The van der Waals surface area contributed by atoms with Crippen LogP contribution in [0.25, 0.3) is 0 Å². The Morgan fingerprint density at radius 2 is 1.45 bits per heavy atom. The van der Waals surface area contributed by atoms with Gasteiger partial charge in [-0.15, -0.1) is 11.6 Å². The minimum Gasteiger partial charge on any atom is -0.492 e. The molecule has 0 saturated carbocycles. The normalized spacial score (nSPS) is 13.3. The Morgan fingerprint density at radius 1 is 0.939 bits per heavy atom. The highest BCUT2D eigenvalue weighted by Gasteiger charge is 2.25. The second-order valence-electron chi connectivity index (χ2n) is 8.48. The molecular formula is C25H31Cl3O5. The molecule has 0 spiro atoms. The fraction of sp³-hybridized carbons (Fsp3) is 0.480. The molecule has 2 aromatic carbocycles. The number of hydrogen-bond acceptors (Lipinski definition) is 5. The molecule has 182 valence electrons. The summed E-state index contributed by atoms with van der Waals surface area (Å²) in [5.41, 5.74) is 1.64. The van der Waals surface area contributed by atoms with Crippen LogP contribution < -0.4 is 9.47 Å². The number of halogens is 3. The van der Waals surface area contributed by atoms with Crippen LogP contribution in [0, 0.1) is 5.92 Å². The van der Waals surface area contributed by atoms with Crippen LogP contribution in [0.1, 0.15) is 38.8 Å². The molecule has 0 amide bonds. The highest BCUT2D eigenvalue weighted by atomic mass is 35.5. The predicted molar refractivity (Wildman–Crippen MR) is 133 cm³/mol. The van der Waals surface area contributed by atoms with Crippen molar-refractivity contribution in [2.45, 2.75) is 39.2 Å². The molecule has 0 aliphatic rings. The molecule has 2 aromatic rings. The van der Waals surface area contributed by atoms with E-state index in [9.17, 15) is 4.79 Å². The average Bonchev–Trinajstić information content (AvgIpc) is 2.76. The number of methoxy groups -OCH3 is 1. The molecule has 0 heterocycles. The van der Waals surface area contributed by atoms with Crippen molar-refractivity contribution < 1.29 is 23.7 Å². The molecule has 8 heteroatoms. The summed E-state index contributed by atoms with van der Waals surface area (Å²) in [5, 5.41) is 1.00. The fourth-order valence-electron chi connectivity index (χ4n) is 3.27. The Bertz CT molecular complexity index is 932. The maximum atomic E-state index is 11.1. The highest BCUT2D eigenvalue weighted by Crippen LogP contribution is 2.38. The van der Waals surface area contributed by atoms with E-state index in [1.807, 2.05) is 30.3 Å². The zero-order valence-electron chi connectivity index (χ0n) is 19.6. The lowest BCUT2D eigenvalue weighted by Crippen LogP contribution is -2.25. The van der Waals surface area contributed by atoms with E-state index in [0.717, 1.165) is 11.1 Å². The van der Waals surface area contributed by atoms with Crippen LogP contribution in [-0.2, 0) is 19.7 Å². The van der Waals surface area contributed by atoms with Crippen LogP contribution in [0.4, 0.5) is 0 Å². The summed E-state index contributed by atoms with van der Waals surface area (Å²) >= 11 is 18.8. The lowest BCUT2D eigenvalue weighted by molar-refractivity contribution is -0.146. The molecule has 2 atom stereocenters. The number of carbonyl (C=O) groups excluding carboxylic acids is 1. The third kappa shape index (κ3) is 7.96. The zero-order chi connectivity index (χ0) is 24.6. The second-order valence-corrected chi connectivity index (χ2v) is 9.61. The van der Waals surface area contributed by atoms with Gasteiger partial charge < -0.3 is 18.9 Å². The molecule has 0 N–H and O–H groups in total. The van der Waals surface area contributed by atoms with E-state index in [1.54, 1.807) is 13.2 Å². The van der Waals surface area contributed by atoms with E-state index in [2.05, 4.69) is 20.8 Å². The van der Waals surface area contributed by atoms with Gasteiger partial charge in [0.05, 0.1) is 29.1 Å². The van der Waals surface area contributed by atoms with Crippen molar-refractivity contribution in [2.24, 2.45) is 5.92 Å². The van der Waals surface area contributed by atoms with Gasteiger partial charge in [0.25, 0.3) is 0 Å². The van der Waals surface area contributed by atoms with Crippen molar-refractivity contribution in [2.75, 3.05) is 32.8 Å². The van der Waals surface area contributed by atoms with Crippen molar-refractivity contribution in [3.63, 3.8) is 0 Å². The van der Waals surface area contributed by atoms with Crippen molar-refractivity contribution in [1.82, 2.24) is 0 Å². The molecule has 0 aliphatic carbocycles. The first-order valence-corrected chi connectivity index (χ1v) is 11.9. The molecule has 0 saturated heterocycles. The lowest BCUT2D eigenvalue weighted by atomic mass is 9.78. The van der Waals surface area contributed by atoms with Gasteiger partial charge >= 0.3 is 5.97 Å². The van der Waals surface area contributed by atoms with Crippen LogP contribution in [-0.4, -0.2) is 44.9 Å². The SMILES string of the molecule is COCC(C)COc1ccc(C(C)(C)c2ccc(OCC(CCl)OC(C)=O)c(Cl)c2)cc1Cl. The summed E-state index contributed by atoms with van der Waals surface area (Å²) in [7, 11) is 1.67. The first-order valence-electron chi connectivity index (χ1n) is 10.7. The first kappa shape index (κ1) is 27.6.